The SMILES string of the molecule is CC(=O)Nc1ccc(N=Nc2cc(OCCO)c(N=Nc3c(SOOO)cc4cc(S(=O)O)c(N=Nc5c(C(=O)O)[nH]n(-c6ccc(SOOO)cc6)c5=O)cc4c3O)cc2OCCO)c(S(=O)(=O)O)c1. The van der Waals surface area contributed by atoms with E-state index in [4.69, 9.17) is 20.0 Å². The number of nitrogens with one attached hydrogen (secondary N) is 2. The predicted molar refractivity (Wildman–Crippen MR) is 244 cm³/mol. The maximum Gasteiger partial charge on any atom is 0.356 e. The molecule has 0 spiro atoms. The fourth-order valence-electron chi connectivity index (χ4n) is 5.99. The monoisotopic (exact) mass is 1060 g/mol. The van der Waals surface area contributed by atoms with Crippen LogP contribution < -0.4 is 20.3 Å². The topological polar surface area (TPSA) is 427 Å². The molecule has 71 heavy (non-hydrogen) atoms. The minimum absolute atomic E-state index is 0.0112. The van der Waals surface area contributed by atoms with Gasteiger partial charge in [0.25, 0.3) is 15.7 Å². The molecule has 5 aromatic carbocycles. The van der Waals surface area contributed by atoms with Crippen LogP contribution in [0.5, 0.6) is 17.2 Å². The second-order valence-corrected chi connectivity index (χ2v) is 17.3. The van der Waals surface area contributed by atoms with Gasteiger partial charge in [0.2, 0.25) is 5.91 Å². The summed E-state index contributed by atoms with van der Waals surface area (Å²) in [4.78, 5) is 36.3. The van der Waals surface area contributed by atoms with Crippen molar-refractivity contribution in [1.29, 1.82) is 0 Å². The summed E-state index contributed by atoms with van der Waals surface area (Å²) in [7, 11) is -4.93. The number of amides is 1. The van der Waals surface area contributed by atoms with Crippen molar-refractivity contribution in [3.05, 3.63) is 88.8 Å². The summed E-state index contributed by atoms with van der Waals surface area (Å²) >= 11 is -1.94. The number of carbonyl (C=O) groups is 2. The minimum atomic E-state index is -4.93. The van der Waals surface area contributed by atoms with Crippen LogP contribution in [0.4, 0.5) is 39.8 Å². The molecule has 1 unspecified atom stereocenters. The van der Waals surface area contributed by atoms with Gasteiger partial charge in [-0.3, -0.25) is 19.2 Å². The van der Waals surface area contributed by atoms with Gasteiger partial charge in [-0.05, 0) is 66.0 Å². The van der Waals surface area contributed by atoms with E-state index in [9.17, 15) is 56.5 Å². The summed E-state index contributed by atoms with van der Waals surface area (Å²) in [5.74, 6) is -3.26. The summed E-state index contributed by atoms with van der Waals surface area (Å²) < 4.78 is 78.4. The molecule has 10 N–H and O–H groups in total. The standard InChI is InChI=1S/C38H33N9O20S4/c1-18(50)39-20-2-7-24(32(14-20)71(59,60)61)40-41-25-16-29(63-11-9-49)26(17-28(25)62-10-8-48)42-44-33-30(69-67-65-56)12-19-13-31(70(57)58)27(15-23(19)36(33)51)43-45-34-35(38(53)54)46-47(37(34)52)21-3-5-22(6-4-21)68-66-64-55/h2-7,12-17,46,48-49,51,55-56H,8-11H2,1H3,(H,39,50)(H,53,54)(H,57,58)(H,59,60,61). The zero-order valence-electron chi connectivity index (χ0n) is 35.5. The van der Waals surface area contributed by atoms with E-state index in [2.05, 4.69) is 59.8 Å². The van der Waals surface area contributed by atoms with Crippen molar-refractivity contribution in [1.82, 2.24) is 9.78 Å². The van der Waals surface area contributed by atoms with Crippen LogP contribution in [-0.2, 0) is 44.7 Å². The van der Waals surface area contributed by atoms with Crippen molar-refractivity contribution in [2.45, 2.75) is 26.5 Å². The van der Waals surface area contributed by atoms with E-state index in [1.807, 2.05) is 0 Å². The van der Waals surface area contributed by atoms with Crippen LogP contribution in [0.1, 0.15) is 17.4 Å². The Labute approximate surface area is 407 Å². The summed E-state index contributed by atoms with van der Waals surface area (Å²) in [6.07, 6.45) is 0. The van der Waals surface area contributed by atoms with Crippen LogP contribution in [0.15, 0.2) is 128 Å². The Balaban J connectivity index is 1.45. The van der Waals surface area contributed by atoms with E-state index in [1.54, 1.807) is 0 Å². The molecule has 0 saturated carbocycles. The number of hydrogen-bond donors (Lipinski definition) is 10. The normalized spacial score (nSPS) is 12.4. The van der Waals surface area contributed by atoms with Crippen LogP contribution in [0, 0.1) is 0 Å². The Morgan fingerprint density at radius 3 is 1.96 bits per heavy atom. The van der Waals surface area contributed by atoms with Crippen LogP contribution >= 0.6 is 24.1 Å². The third kappa shape index (κ3) is 13.2. The number of carbonyl (C=O) groups excluding carboxylic acids is 1. The number of H-pyrrole nitrogens is 1. The largest absolute Gasteiger partial charge is 0.505 e. The molecule has 29 nitrogen and oxygen atoms in total. The Hall–Kier alpha value is -7.09. The number of hydrogen-bond acceptors (Lipinski definition) is 25. The number of aromatic amines is 1. The van der Waals surface area contributed by atoms with Gasteiger partial charge in [0.05, 0.1) is 52.8 Å². The lowest BCUT2D eigenvalue weighted by molar-refractivity contribution is -0.432. The lowest BCUT2D eigenvalue weighted by Gasteiger charge is -2.13. The number of rotatable bonds is 23. The summed E-state index contributed by atoms with van der Waals surface area (Å²) in [6.45, 7) is -0.553. The van der Waals surface area contributed by atoms with Crippen molar-refractivity contribution in [2.75, 3.05) is 31.7 Å². The van der Waals surface area contributed by atoms with Gasteiger partial charge in [-0.25, -0.2) is 24.2 Å². The van der Waals surface area contributed by atoms with Gasteiger partial charge in [0.1, 0.15) is 58.0 Å². The van der Waals surface area contributed by atoms with E-state index >= 15 is 0 Å². The smallest absolute Gasteiger partial charge is 0.356 e. The number of phenols is 1. The number of ether oxygens (including phenoxy) is 2. The van der Waals surface area contributed by atoms with Gasteiger partial charge in [-0.15, -0.1) is 39.4 Å². The first-order valence-electron chi connectivity index (χ1n) is 19.2. The maximum absolute atomic E-state index is 13.5. The number of phenolic OH excluding ortho intramolecular Hbond substituents is 1. The highest BCUT2D eigenvalue weighted by atomic mass is 32.2. The highest BCUT2D eigenvalue weighted by Gasteiger charge is 2.24. The average Bonchev–Trinajstić information content (AvgIpc) is 3.67. The number of aromatic hydroxyl groups is 1. The van der Waals surface area contributed by atoms with E-state index in [-0.39, 0.29) is 80.9 Å². The number of aliphatic hydroxyl groups excluding tert-OH is 2. The molecule has 1 amide bonds. The molecular weight excluding hydrogens is 1030 g/mol. The number of nitrogens with zero attached hydrogens (tertiary/aromatic N) is 7. The van der Waals surface area contributed by atoms with Gasteiger partial charge in [0, 0.05) is 35.0 Å². The molecular formula is C38H33N9O20S4. The zero-order valence-corrected chi connectivity index (χ0v) is 38.8. The minimum Gasteiger partial charge on any atom is -0.505 e. The quantitative estimate of drug-likeness (QED) is 0.00748. The molecule has 0 aliphatic rings. The number of aromatic nitrogens is 2. The first kappa shape index (κ1) is 53.3. The predicted octanol–water partition coefficient (Wildman–Crippen LogP) is 7.35. The molecule has 1 heterocycles. The third-order valence-electron chi connectivity index (χ3n) is 8.89. The van der Waals surface area contributed by atoms with E-state index in [1.165, 1.54) is 55.5 Å². The Morgan fingerprint density at radius 1 is 0.789 bits per heavy atom. The maximum atomic E-state index is 13.5. The van der Waals surface area contributed by atoms with Crippen LogP contribution in [0.25, 0.3) is 16.5 Å². The molecule has 0 aliphatic carbocycles. The zero-order chi connectivity index (χ0) is 51.4. The van der Waals surface area contributed by atoms with Crippen molar-refractivity contribution in [3.8, 4) is 22.9 Å². The number of aliphatic hydroxyl groups is 2. The molecule has 0 saturated heterocycles. The number of benzene rings is 5. The van der Waals surface area contributed by atoms with Gasteiger partial charge >= 0.3 is 5.97 Å². The summed E-state index contributed by atoms with van der Waals surface area (Å²) in [5, 5.41) is 94.1. The molecule has 0 radical (unpaired) electrons. The number of fused-ring (bicyclic) bond motifs is 1. The lowest BCUT2D eigenvalue weighted by atomic mass is 10.1. The fraction of sp³-hybridized carbons (Fsp3) is 0.132. The molecule has 0 fully saturated rings. The van der Waals surface area contributed by atoms with Gasteiger partial charge in [0.15, 0.2) is 28.2 Å². The molecule has 0 aliphatic heterocycles. The van der Waals surface area contributed by atoms with E-state index in [0.717, 1.165) is 28.9 Å². The number of carboxylic acids is 1. The van der Waals surface area contributed by atoms with Crippen molar-refractivity contribution >= 4 is 108 Å². The molecule has 6 aromatic rings. The van der Waals surface area contributed by atoms with Crippen molar-refractivity contribution < 1.29 is 90.5 Å². The van der Waals surface area contributed by atoms with Gasteiger partial charge in [-0.2, -0.15) is 8.42 Å². The first-order chi connectivity index (χ1) is 34.0. The second-order valence-electron chi connectivity index (χ2n) is 13.5. The first-order valence-corrected chi connectivity index (χ1v) is 23.2. The Kier molecular flexibility index (Phi) is 18.1. The summed E-state index contributed by atoms with van der Waals surface area (Å²) in [6, 6.07) is 14.7. The number of azo groups is 3. The van der Waals surface area contributed by atoms with E-state index in [0.29, 0.717) is 16.9 Å². The molecule has 33 heteroatoms. The van der Waals surface area contributed by atoms with Crippen molar-refractivity contribution in [2.24, 2.45) is 30.7 Å². The number of anilines is 1. The highest BCUT2D eigenvalue weighted by molar-refractivity contribution is 7.95. The third-order valence-corrected chi connectivity index (χ3v) is 11.7. The van der Waals surface area contributed by atoms with Gasteiger partial charge in [-0.1, -0.05) is 10.1 Å². The summed E-state index contributed by atoms with van der Waals surface area (Å²) in [5.41, 5.74) is -4.02. The molecule has 1 aromatic heterocycles. The Bertz CT molecular complexity index is 3260. The number of carboxylic acid groups (broad SMARTS) is 1. The van der Waals surface area contributed by atoms with Crippen LogP contribution in [-0.4, -0.2) is 101 Å². The fourth-order valence-corrected chi connectivity index (χ4v) is 7.99. The number of aromatic carboxylic acids is 1. The van der Waals surface area contributed by atoms with Crippen LogP contribution in [0.3, 0.4) is 0 Å². The van der Waals surface area contributed by atoms with Crippen LogP contribution in [0.2, 0.25) is 0 Å². The lowest BCUT2D eigenvalue weighted by Crippen LogP contribution is -2.13. The van der Waals surface area contributed by atoms with Crippen molar-refractivity contribution in [3.63, 3.8) is 0 Å². The molecule has 1 atom stereocenters. The molecule has 0 bridgehead atoms. The Morgan fingerprint density at radius 2 is 1.38 bits per heavy atom. The molecule has 374 valence electrons. The second kappa shape index (κ2) is 24.2. The molecule has 6 rings (SSSR count). The highest BCUT2D eigenvalue weighted by Crippen LogP contribution is 2.48. The average molecular weight is 1060 g/mol. The van der Waals surface area contributed by atoms with E-state index < -0.39 is 90.1 Å². The van der Waals surface area contributed by atoms with Gasteiger partial charge < -0.3 is 39.8 Å².